The average Bonchev–Trinajstić information content (AvgIpc) is 2.44. The summed E-state index contributed by atoms with van der Waals surface area (Å²) in [6, 6.07) is 5.73. The van der Waals surface area contributed by atoms with Crippen molar-refractivity contribution in [3.63, 3.8) is 0 Å². The molecule has 1 aliphatic rings. The number of aryl methyl sites for hydroxylation is 1. The first kappa shape index (κ1) is 16.1. The third kappa shape index (κ3) is 4.35. The summed E-state index contributed by atoms with van der Waals surface area (Å²) >= 11 is 0. The SMILES string of the molecule is COc1ccc(C=CC(=O)NC2CC(=O)NC(C)C2)cc1C. The standard InChI is InChI=1S/C17H22N2O3/c1-11-8-13(4-6-15(11)22-3)5-7-16(20)19-14-9-12(2)18-17(21)10-14/h4-8,12,14H,9-10H2,1-3H3,(H,18,21)(H,19,20). The Bertz CT molecular complexity index is 596. The lowest BCUT2D eigenvalue weighted by molar-refractivity contribution is -0.124. The van der Waals surface area contributed by atoms with Crippen LogP contribution in [0.4, 0.5) is 0 Å². The van der Waals surface area contributed by atoms with Gasteiger partial charge >= 0.3 is 0 Å². The van der Waals surface area contributed by atoms with E-state index in [4.69, 9.17) is 4.74 Å². The lowest BCUT2D eigenvalue weighted by atomic mass is 10.00. The number of piperidine rings is 1. The molecule has 22 heavy (non-hydrogen) atoms. The molecule has 2 rings (SSSR count). The van der Waals surface area contributed by atoms with Crippen LogP contribution in [0.15, 0.2) is 24.3 Å². The molecule has 118 valence electrons. The second-order valence-corrected chi connectivity index (χ2v) is 5.68. The summed E-state index contributed by atoms with van der Waals surface area (Å²) in [6.07, 6.45) is 4.35. The maximum atomic E-state index is 12.0. The van der Waals surface area contributed by atoms with E-state index < -0.39 is 0 Å². The van der Waals surface area contributed by atoms with Gasteiger partial charge < -0.3 is 15.4 Å². The first-order valence-electron chi connectivity index (χ1n) is 7.40. The molecule has 1 aromatic carbocycles. The van der Waals surface area contributed by atoms with Crippen molar-refractivity contribution in [2.45, 2.75) is 38.8 Å². The molecule has 5 heteroatoms. The van der Waals surface area contributed by atoms with Crippen LogP contribution in [-0.2, 0) is 9.59 Å². The van der Waals surface area contributed by atoms with E-state index in [0.29, 0.717) is 6.42 Å². The summed E-state index contributed by atoms with van der Waals surface area (Å²) in [5, 5.41) is 5.71. The normalized spacial score (nSPS) is 21.5. The molecule has 2 atom stereocenters. The number of hydrogen-bond donors (Lipinski definition) is 2. The van der Waals surface area contributed by atoms with Gasteiger partial charge in [0.25, 0.3) is 0 Å². The monoisotopic (exact) mass is 302 g/mol. The van der Waals surface area contributed by atoms with Crippen LogP contribution in [0.2, 0.25) is 0 Å². The molecular weight excluding hydrogens is 280 g/mol. The second kappa shape index (κ2) is 7.11. The Morgan fingerprint density at radius 3 is 2.86 bits per heavy atom. The van der Waals surface area contributed by atoms with Gasteiger partial charge in [0.1, 0.15) is 5.75 Å². The lowest BCUT2D eigenvalue weighted by Crippen LogP contribution is -2.49. The third-order valence-electron chi connectivity index (χ3n) is 3.67. The Morgan fingerprint density at radius 2 is 2.23 bits per heavy atom. The molecule has 2 N–H and O–H groups in total. The van der Waals surface area contributed by atoms with E-state index in [-0.39, 0.29) is 23.9 Å². The Balaban J connectivity index is 1.93. The fourth-order valence-electron chi connectivity index (χ4n) is 2.66. The Labute approximate surface area is 130 Å². The van der Waals surface area contributed by atoms with E-state index >= 15 is 0 Å². The number of amides is 2. The molecule has 1 heterocycles. The van der Waals surface area contributed by atoms with Crippen LogP contribution in [0.5, 0.6) is 5.75 Å². The predicted molar refractivity (Wildman–Crippen MR) is 85.5 cm³/mol. The summed E-state index contributed by atoms with van der Waals surface area (Å²) in [5.74, 6) is 0.628. The number of benzene rings is 1. The number of carbonyl (C=O) groups is 2. The van der Waals surface area contributed by atoms with Crippen LogP contribution >= 0.6 is 0 Å². The summed E-state index contributed by atoms with van der Waals surface area (Å²) in [5.41, 5.74) is 1.95. The highest BCUT2D eigenvalue weighted by molar-refractivity contribution is 5.92. The number of methoxy groups -OCH3 is 1. The zero-order valence-corrected chi connectivity index (χ0v) is 13.2. The van der Waals surface area contributed by atoms with Gasteiger partial charge in [0.05, 0.1) is 7.11 Å². The van der Waals surface area contributed by atoms with Crippen molar-refractivity contribution in [1.29, 1.82) is 0 Å². The lowest BCUT2D eigenvalue weighted by Gasteiger charge is -2.27. The van der Waals surface area contributed by atoms with Crippen molar-refractivity contribution in [3.05, 3.63) is 35.4 Å². The molecule has 0 aliphatic carbocycles. The van der Waals surface area contributed by atoms with Gasteiger partial charge in [0.15, 0.2) is 0 Å². The molecule has 0 aromatic heterocycles. The van der Waals surface area contributed by atoms with Crippen LogP contribution in [0.25, 0.3) is 6.08 Å². The largest absolute Gasteiger partial charge is 0.496 e. The summed E-state index contributed by atoms with van der Waals surface area (Å²) in [7, 11) is 1.63. The van der Waals surface area contributed by atoms with Crippen molar-refractivity contribution >= 4 is 17.9 Å². The van der Waals surface area contributed by atoms with Gasteiger partial charge in [-0.05, 0) is 49.6 Å². The number of hydrogen-bond acceptors (Lipinski definition) is 3. The van der Waals surface area contributed by atoms with Crippen molar-refractivity contribution in [2.75, 3.05) is 7.11 Å². The van der Waals surface area contributed by atoms with Crippen LogP contribution < -0.4 is 15.4 Å². The fourth-order valence-corrected chi connectivity index (χ4v) is 2.66. The van der Waals surface area contributed by atoms with E-state index in [1.807, 2.05) is 32.0 Å². The average molecular weight is 302 g/mol. The first-order valence-corrected chi connectivity index (χ1v) is 7.40. The number of carbonyl (C=O) groups excluding carboxylic acids is 2. The van der Waals surface area contributed by atoms with E-state index in [1.165, 1.54) is 6.08 Å². The van der Waals surface area contributed by atoms with E-state index in [2.05, 4.69) is 10.6 Å². The van der Waals surface area contributed by atoms with E-state index in [1.54, 1.807) is 13.2 Å². The smallest absolute Gasteiger partial charge is 0.244 e. The number of nitrogens with one attached hydrogen (secondary N) is 2. The number of ether oxygens (including phenoxy) is 1. The molecule has 0 bridgehead atoms. The highest BCUT2D eigenvalue weighted by Gasteiger charge is 2.24. The molecule has 0 radical (unpaired) electrons. The molecule has 1 aliphatic heterocycles. The van der Waals surface area contributed by atoms with Gasteiger partial charge in [-0.2, -0.15) is 0 Å². The van der Waals surface area contributed by atoms with E-state index in [0.717, 1.165) is 23.3 Å². The highest BCUT2D eigenvalue weighted by atomic mass is 16.5. The Morgan fingerprint density at radius 1 is 1.45 bits per heavy atom. The molecule has 1 aromatic rings. The molecule has 2 unspecified atom stereocenters. The molecule has 1 saturated heterocycles. The first-order chi connectivity index (χ1) is 10.5. The molecule has 0 spiro atoms. The maximum Gasteiger partial charge on any atom is 0.244 e. The summed E-state index contributed by atoms with van der Waals surface area (Å²) < 4.78 is 5.20. The van der Waals surface area contributed by atoms with Crippen molar-refractivity contribution in [1.82, 2.24) is 10.6 Å². The Hall–Kier alpha value is -2.30. The molecule has 0 saturated carbocycles. The summed E-state index contributed by atoms with van der Waals surface area (Å²) in [4.78, 5) is 23.4. The minimum absolute atomic E-state index is 0.0150. The minimum Gasteiger partial charge on any atom is -0.496 e. The molecule has 1 fully saturated rings. The highest BCUT2D eigenvalue weighted by Crippen LogP contribution is 2.19. The Kier molecular flexibility index (Phi) is 5.20. The third-order valence-corrected chi connectivity index (χ3v) is 3.67. The van der Waals surface area contributed by atoms with Gasteiger partial charge in [-0.15, -0.1) is 0 Å². The minimum atomic E-state index is -0.180. The van der Waals surface area contributed by atoms with Gasteiger partial charge in [0.2, 0.25) is 11.8 Å². The fraction of sp³-hybridized carbons (Fsp3) is 0.412. The number of rotatable bonds is 4. The van der Waals surface area contributed by atoms with Crippen LogP contribution in [0.1, 0.15) is 30.9 Å². The topological polar surface area (TPSA) is 67.4 Å². The van der Waals surface area contributed by atoms with Crippen LogP contribution in [-0.4, -0.2) is 31.0 Å². The molecular formula is C17H22N2O3. The zero-order chi connectivity index (χ0) is 16.1. The predicted octanol–water partition coefficient (Wildman–Crippen LogP) is 1.80. The van der Waals surface area contributed by atoms with Gasteiger partial charge in [0, 0.05) is 24.6 Å². The molecule has 5 nitrogen and oxygen atoms in total. The van der Waals surface area contributed by atoms with Crippen LogP contribution in [0, 0.1) is 6.92 Å². The summed E-state index contributed by atoms with van der Waals surface area (Å²) in [6.45, 7) is 3.89. The van der Waals surface area contributed by atoms with Crippen molar-refractivity contribution in [3.8, 4) is 5.75 Å². The van der Waals surface area contributed by atoms with E-state index in [9.17, 15) is 9.59 Å². The van der Waals surface area contributed by atoms with Crippen molar-refractivity contribution < 1.29 is 14.3 Å². The quantitative estimate of drug-likeness (QED) is 0.833. The second-order valence-electron chi connectivity index (χ2n) is 5.68. The van der Waals surface area contributed by atoms with Gasteiger partial charge in [-0.25, -0.2) is 0 Å². The van der Waals surface area contributed by atoms with Gasteiger partial charge in [-0.1, -0.05) is 6.07 Å². The van der Waals surface area contributed by atoms with Crippen molar-refractivity contribution in [2.24, 2.45) is 0 Å². The van der Waals surface area contributed by atoms with Crippen LogP contribution in [0.3, 0.4) is 0 Å². The maximum absolute atomic E-state index is 12.0. The molecule has 2 amide bonds. The zero-order valence-electron chi connectivity index (χ0n) is 13.2. The van der Waals surface area contributed by atoms with Gasteiger partial charge in [-0.3, -0.25) is 9.59 Å².